The van der Waals surface area contributed by atoms with E-state index in [0.717, 1.165) is 23.6 Å². The number of benzene rings is 2. The number of methoxy groups -OCH3 is 1. The maximum atomic E-state index is 13.0. The van der Waals surface area contributed by atoms with E-state index in [1.54, 1.807) is 17.5 Å². The van der Waals surface area contributed by atoms with Gasteiger partial charge in [-0.05, 0) is 30.2 Å². The first kappa shape index (κ1) is 15.5. The molecular formula is C17H21NO3S. The Kier molecular flexibility index (Phi) is 4.47. The van der Waals surface area contributed by atoms with E-state index in [9.17, 15) is 8.42 Å². The molecule has 0 N–H and O–H groups in total. The zero-order valence-corrected chi connectivity index (χ0v) is 13.6. The third kappa shape index (κ3) is 2.89. The van der Waals surface area contributed by atoms with Gasteiger partial charge in [0.2, 0.25) is 10.0 Å². The fourth-order valence-electron chi connectivity index (χ4n) is 3.18. The number of sulfonamides is 1. The molecule has 0 bridgehead atoms. The van der Waals surface area contributed by atoms with E-state index in [0.29, 0.717) is 24.6 Å². The summed E-state index contributed by atoms with van der Waals surface area (Å²) in [6, 6.07) is 13.1. The van der Waals surface area contributed by atoms with Crippen LogP contribution in [0.25, 0.3) is 10.8 Å². The molecule has 0 saturated carbocycles. The molecule has 0 unspecified atom stereocenters. The Morgan fingerprint density at radius 1 is 1.18 bits per heavy atom. The number of hydrogen-bond donors (Lipinski definition) is 0. The molecule has 118 valence electrons. The molecule has 5 heteroatoms. The molecule has 1 fully saturated rings. The van der Waals surface area contributed by atoms with Crippen LogP contribution in [0.4, 0.5) is 0 Å². The van der Waals surface area contributed by atoms with Crippen molar-refractivity contribution < 1.29 is 13.2 Å². The van der Waals surface area contributed by atoms with Gasteiger partial charge in [-0.25, -0.2) is 8.42 Å². The fourth-order valence-corrected chi connectivity index (χ4v) is 4.95. The van der Waals surface area contributed by atoms with E-state index in [4.69, 9.17) is 4.74 Å². The van der Waals surface area contributed by atoms with Crippen molar-refractivity contribution in [1.82, 2.24) is 4.31 Å². The average Bonchev–Trinajstić information content (AvgIpc) is 2.55. The summed E-state index contributed by atoms with van der Waals surface area (Å²) in [6.45, 7) is 1.74. The van der Waals surface area contributed by atoms with Gasteiger partial charge < -0.3 is 4.74 Å². The van der Waals surface area contributed by atoms with Crippen LogP contribution >= 0.6 is 0 Å². The smallest absolute Gasteiger partial charge is 0.243 e. The van der Waals surface area contributed by atoms with E-state index < -0.39 is 10.0 Å². The van der Waals surface area contributed by atoms with Gasteiger partial charge in [-0.3, -0.25) is 0 Å². The highest BCUT2D eigenvalue weighted by Crippen LogP contribution is 2.28. The molecule has 1 heterocycles. The van der Waals surface area contributed by atoms with Gasteiger partial charge >= 0.3 is 0 Å². The standard InChI is InChI=1S/C17H21NO3S/c1-21-13-14-6-5-11-18(12-14)22(19,20)17-10-4-8-15-7-2-3-9-16(15)17/h2-4,7-10,14H,5-6,11-13H2,1H3/t14-/m0/s1. The monoisotopic (exact) mass is 319 g/mol. The number of fused-ring (bicyclic) bond motifs is 1. The molecule has 0 aromatic heterocycles. The van der Waals surface area contributed by atoms with Gasteiger partial charge in [0.15, 0.2) is 0 Å². The van der Waals surface area contributed by atoms with E-state index in [1.165, 1.54) is 0 Å². The summed E-state index contributed by atoms with van der Waals surface area (Å²) in [5.41, 5.74) is 0. The number of rotatable bonds is 4. The van der Waals surface area contributed by atoms with Crippen molar-refractivity contribution in [3.63, 3.8) is 0 Å². The molecular weight excluding hydrogens is 298 g/mol. The molecule has 0 amide bonds. The summed E-state index contributed by atoms with van der Waals surface area (Å²) < 4.78 is 32.9. The summed E-state index contributed by atoms with van der Waals surface area (Å²) >= 11 is 0. The molecule has 0 radical (unpaired) electrons. The van der Waals surface area contributed by atoms with Crippen LogP contribution in [0.5, 0.6) is 0 Å². The second-order valence-electron chi connectivity index (χ2n) is 5.80. The summed E-state index contributed by atoms with van der Waals surface area (Å²) in [5.74, 6) is 0.281. The van der Waals surface area contributed by atoms with Crippen LogP contribution < -0.4 is 0 Å². The van der Waals surface area contributed by atoms with E-state index in [2.05, 4.69) is 0 Å². The third-order valence-electron chi connectivity index (χ3n) is 4.25. The predicted octanol–water partition coefficient (Wildman–Crippen LogP) is 2.89. The quantitative estimate of drug-likeness (QED) is 0.870. The Labute approximate surface area is 131 Å². The molecule has 0 aliphatic carbocycles. The van der Waals surface area contributed by atoms with Crippen LogP contribution in [0.1, 0.15) is 12.8 Å². The van der Waals surface area contributed by atoms with Gasteiger partial charge in [0, 0.05) is 25.6 Å². The van der Waals surface area contributed by atoms with Gasteiger partial charge in [-0.15, -0.1) is 0 Å². The van der Waals surface area contributed by atoms with Gasteiger partial charge in [0.1, 0.15) is 0 Å². The van der Waals surface area contributed by atoms with Crippen molar-refractivity contribution in [2.45, 2.75) is 17.7 Å². The molecule has 1 saturated heterocycles. The van der Waals surface area contributed by atoms with Crippen molar-refractivity contribution in [2.24, 2.45) is 5.92 Å². The van der Waals surface area contributed by atoms with Crippen molar-refractivity contribution in [2.75, 3.05) is 26.8 Å². The number of ether oxygens (including phenoxy) is 1. The minimum absolute atomic E-state index is 0.281. The molecule has 0 spiro atoms. The van der Waals surface area contributed by atoms with Crippen molar-refractivity contribution in [3.05, 3.63) is 42.5 Å². The van der Waals surface area contributed by atoms with Crippen LogP contribution in [0, 0.1) is 5.92 Å². The number of hydrogen-bond acceptors (Lipinski definition) is 3. The maximum Gasteiger partial charge on any atom is 0.243 e. The van der Waals surface area contributed by atoms with Crippen molar-refractivity contribution >= 4 is 20.8 Å². The first-order chi connectivity index (χ1) is 10.6. The molecule has 1 aliphatic heterocycles. The first-order valence-corrected chi connectivity index (χ1v) is 9.04. The van der Waals surface area contributed by atoms with Crippen LogP contribution in [0.3, 0.4) is 0 Å². The second kappa shape index (κ2) is 6.36. The van der Waals surface area contributed by atoms with Crippen molar-refractivity contribution in [3.8, 4) is 0 Å². The Morgan fingerprint density at radius 3 is 2.77 bits per heavy atom. The van der Waals surface area contributed by atoms with Crippen molar-refractivity contribution in [1.29, 1.82) is 0 Å². The second-order valence-corrected chi connectivity index (χ2v) is 7.71. The molecule has 1 aliphatic rings. The SMILES string of the molecule is COC[C@H]1CCCN(S(=O)(=O)c2cccc3ccccc23)C1. The summed E-state index contributed by atoms with van der Waals surface area (Å²) in [4.78, 5) is 0.406. The van der Waals surface area contributed by atoms with Crippen LogP contribution in [0.15, 0.2) is 47.4 Å². The Balaban J connectivity index is 1.98. The van der Waals surface area contributed by atoms with Crippen LogP contribution in [-0.2, 0) is 14.8 Å². The first-order valence-electron chi connectivity index (χ1n) is 7.60. The van der Waals surface area contributed by atoms with E-state index in [-0.39, 0.29) is 5.92 Å². The van der Waals surface area contributed by atoms with Gasteiger partial charge in [0.25, 0.3) is 0 Å². The third-order valence-corrected chi connectivity index (χ3v) is 6.17. The number of piperidine rings is 1. The normalized spacial score (nSPS) is 20.3. The lowest BCUT2D eigenvalue weighted by Gasteiger charge is -2.31. The number of nitrogens with zero attached hydrogens (tertiary/aromatic N) is 1. The topological polar surface area (TPSA) is 46.6 Å². The lowest BCUT2D eigenvalue weighted by atomic mass is 10.0. The minimum atomic E-state index is -3.46. The highest BCUT2D eigenvalue weighted by atomic mass is 32.2. The van der Waals surface area contributed by atoms with Crippen LogP contribution in [-0.4, -0.2) is 39.5 Å². The molecule has 4 nitrogen and oxygen atoms in total. The highest BCUT2D eigenvalue weighted by Gasteiger charge is 2.31. The minimum Gasteiger partial charge on any atom is -0.384 e. The van der Waals surface area contributed by atoms with Gasteiger partial charge in [0.05, 0.1) is 11.5 Å². The summed E-state index contributed by atoms with van der Waals surface area (Å²) in [7, 11) is -1.80. The maximum absolute atomic E-state index is 13.0. The Morgan fingerprint density at radius 2 is 1.95 bits per heavy atom. The van der Waals surface area contributed by atoms with E-state index in [1.807, 2.05) is 36.4 Å². The zero-order valence-electron chi connectivity index (χ0n) is 12.7. The zero-order chi connectivity index (χ0) is 15.6. The predicted molar refractivity (Wildman–Crippen MR) is 87.3 cm³/mol. The summed E-state index contributed by atoms with van der Waals surface area (Å²) in [5, 5.41) is 1.74. The molecule has 22 heavy (non-hydrogen) atoms. The Hall–Kier alpha value is -1.43. The largest absolute Gasteiger partial charge is 0.384 e. The lowest BCUT2D eigenvalue weighted by Crippen LogP contribution is -2.41. The molecule has 2 aromatic rings. The Bertz CT molecular complexity index is 750. The average molecular weight is 319 g/mol. The van der Waals surface area contributed by atoms with Gasteiger partial charge in [-0.2, -0.15) is 4.31 Å². The van der Waals surface area contributed by atoms with Crippen LogP contribution in [0.2, 0.25) is 0 Å². The lowest BCUT2D eigenvalue weighted by molar-refractivity contribution is 0.118. The van der Waals surface area contributed by atoms with Gasteiger partial charge in [-0.1, -0.05) is 36.4 Å². The molecule has 2 aromatic carbocycles. The van der Waals surface area contributed by atoms with E-state index >= 15 is 0 Å². The fraction of sp³-hybridized carbons (Fsp3) is 0.412. The highest BCUT2D eigenvalue weighted by molar-refractivity contribution is 7.89. The summed E-state index contributed by atoms with van der Waals surface area (Å²) in [6.07, 6.45) is 1.91. The molecule has 1 atom stereocenters. The molecule has 3 rings (SSSR count).